The summed E-state index contributed by atoms with van der Waals surface area (Å²) in [7, 11) is 1.18. The Bertz CT molecular complexity index is 220. The summed E-state index contributed by atoms with van der Waals surface area (Å²) in [5.41, 5.74) is 0. The van der Waals surface area contributed by atoms with E-state index in [2.05, 4.69) is 9.47 Å². The number of hydrogen-bond donors (Lipinski definition) is 2. The zero-order valence-electron chi connectivity index (χ0n) is 7.67. The van der Waals surface area contributed by atoms with Gasteiger partial charge in [-0.25, -0.2) is 9.59 Å². The predicted octanol–water partition coefficient (Wildman–Crippen LogP) is -1.04. The molecule has 0 atom stereocenters. The first-order valence-corrected chi connectivity index (χ1v) is 3.85. The monoisotopic (exact) mass is 204 g/mol. The Balaban J connectivity index is 3.65. The van der Waals surface area contributed by atoms with Gasteiger partial charge in [0.2, 0.25) is 0 Å². The van der Waals surface area contributed by atoms with E-state index >= 15 is 0 Å². The van der Waals surface area contributed by atoms with Crippen LogP contribution in [0.4, 0.5) is 0 Å². The summed E-state index contributed by atoms with van der Waals surface area (Å²) in [6.45, 7) is -0.123. The van der Waals surface area contributed by atoms with Crippen LogP contribution in [-0.2, 0) is 19.1 Å². The second kappa shape index (κ2) is 7.05. The zero-order chi connectivity index (χ0) is 11.0. The van der Waals surface area contributed by atoms with E-state index in [-0.39, 0.29) is 13.0 Å². The molecule has 0 saturated heterocycles. The number of carbonyl (C=O) groups is 2. The summed E-state index contributed by atoms with van der Waals surface area (Å²) < 4.78 is 8.72. The third-order valence-electron chi connectivity index (χ3n) is 1.18. The summed E-state index contributed by atoms with van der Waals surface area (Å²) in [6, 6.07) is 0. The Morgan fingerprint density at radius 1 is 1.29 bits per heavy atom. The van der Waals surface area contributed by atoms with Crippen LogP contribution in [0.2, 0.25) is 0 Å². The molecule has 0 saturated carbocycles. The van der Waals surface area contributed by atoms with E-state index in [0.29, 0.717) is 0 Å². The fourth-order valence-electron chi connectivity index (χ4n) is 0.517. The van der Waals surface area contributed by atoms with E-state index in [4.69, 9.17) is 10.2 Å². The lowest BCUT2D eigenvalue weighted by Gasteiger charge is -2.02. The smallest absolute Gasteiger partial charge is 0.331 e. The number of aliphatic hydroxyl groups excluding tert-OH is 1. The average Bonchev–Trinajstić information content (AvgIpc) is 2.13. The largest absolute Gasteiger partial charge is 0.466 e. The van der Waals surface area contributed by atoms with Crippen molar-refractivity contribution in [1.29, 1.82) is 0 Å². The van der Waals surface area contributed by atoms with Gasteiger partial charge in [-0.3, -0.25) is 0 Å². The molecule has 0 heterocycles. The van der Waals surface area contributed by atoms with Crippen molar-refractivity contribution < 1.29 is 29.3 Å². The summed E-state index contributed by atoms with van der Waals surface area (Å²) in [5.74, 6) is -1.40. The van der Waals surface area contributed by atoms with Gasteiger partial charge in [-0.2, -0.15) is 0 Å². The van der Waals surface area contributed by atoms with Crippen molar-refractivity contribution in [3.05, 3.63) is 12.2 Å². The number of methoxy groups -OCH3 is 1. The Morgan fingerprint density at radius 2 is 1.86 bits per heavy atom. The Labute approximate surface area is 80.7 Å². The number of aliphatic hydroxyl groups is 2. The predicted molar refractivity (Wildman–Crippen MR) is 45.0 cm³/mol. The fourth-order valence-corrected chi connectivity index (χ4v) is 0.517. The van der Waals surface area contributed by atoms with Crippen molar-refractivity contribution in [3.63, 3.8) is 0 Å². The summed E-state index contributed by atoms with van der Waals surface area (Å²) >= 11 is 0. The van der Waals surface area contributed by atoms with Gasteiger partial charge in [-0.1, -0.05) is 0 Å². The molecule has 0 amide bonds. The van der Waals surface area contributed by atoms with Gasteiger partial charge >= 0.3 is 11.9 Å². The second-order valence-electron chi connectivity index (χ2n) is 2.29. The van der Waals surface area contributed by atoms with E-state index in [1.54, 1.807) is 0 Å². The minimum Gasteiger partial charge on any atom is -0.466 e. The molecular weight excluding hydrogens is 192 g/mol. The standard InChI is InChI=1S/C8H12O6/c1-13-7(11)2-3-8(12)14-5-4-6(9)10/h2-3,6,9-10H,4-5H2,1H3/b3-2-. The first-order valence-electron chi connectivity index (χ1n) is 3.85. The molecule has 0 aromatic heterocycles. The Hall–Kier alpha value is -1.40. The number of hydrogen-bond acceptors (Lipinski definition) is 6. The molecule has 6 heteroatoms. The van der Waals surface area contributed by atoms with Crippen molar-refractivity contribution in [2.24, 2.45) is 0 Å². The van der Waals surface area contributed by atoms with E-state index in [0.717, 1.165) is 12.2 Å². The maximum Gasteiger partial charge on any atom is 0.331 e. The molecular formula is C8H12O6. The van der Waals surface area contributed by atoms with Crippen LogP contribution < -0.4 is 0 Å². The molecule has 0 unspecified atom stereocenters. The second-order valence-corrected chi connectivity index (χ2v) is 2.29. The van der Waals surface area contributed by atoms with Crippen LogP contribution in [0.5, 0.6) is 0 Å². The van der Waals surface area contributed by atoms with Crippen molar-refractivity contribution in [2.45, 2.75) is 12.7 Å². The van der Waals surface area contributed by atoms with Crippen molar-refractivity contribution in [1.82, 2.24) is 0 Å². The van der Waals surface area contributed by atoms with Gasteiger partial charge in [0.05, 0.1) is 13.7 Å². The van der Waals surface area contributed by atoms with Crippen LogP contribution in [0.3, 0.4) is 0 Å². The van der Waals surface area contributed by atoms with Gasteiger partial charge in [-0.15, -0.1) is 0 Å². The lowest BCUT2D eigenvalue weighted by molar-refractivity contribution is -0.141. The van der Waals surface area contributed by atoms with Gasteiger partial charge in [0.1, 0.15) is 0 Å². The first-order chi connectivity index (χ1) is 6.56. The van der Waals surface area contributed by atoms with Crippen LogP contribution in [0.15, 0.2) is 12.2 Å². The van der Waals surface area contributed by atoms with Crippen LogP contribution in [-0.4, -0.2) is 42.2 Å². The number of ether oxygens (including phenoxy) is 2. The highest BCUT2D eigenvalue weighted by atomic mass is 16.5. The van der Waals surface area contributed by atoms with Gasteiger partial charge in [0, 0.05) is 18.6 Å². The SMILES string of the molecule is COC(=O)/C=C\C(=O)OCCC(O)O. The molecule has 14 heavy (non-hydrogen) atoms. The first kappa shape index (κ1) is 12.6. The minimum absolute atomic E-state index is 0.0716. The van der Waals surface area contributed by atoms with Crippen molar-refractivity contribution in [3.8, 4) is 0 Å². The molecule has 0 aliphatic carbocycles. The van der Waals surface area contributed by atoms with Crippen LogP contribution in [0.1, 0.15) is 6.42 Å². The normalized spacial score (nSPS) is 10.6. The average molecular weight is 204 g/mol. The summed E-state index contributed by atoms with van der Waals surface area (Å²) in [4.78, 5) is 21.3. The molecule has 0 aromatic rings. The third kappa shape index (κ3) is 7.26. The topological polar surface area (TPSA) is 93.1 Å². The molecule has 6 nitrogen and oxygen atoms in total. The molecule has 0 bridgehead atoms. The molecule has 0 fully saturated rings. The Morgan fingerprint density at radius 3 is 2.36 bits per heavy atom. The summed E-state index contributed by atoms with van der Waals surface area (Å²) in [6.07, 6.45) is 0.234. The highest BCUT2D eigenvalue weighted by molar-refractivity contribution is 5.91. The van der Waals surface area contributed by atoms with Crippen LogP contribution in [0.25, 0.3) is 0 Å². The zero-order valence-corrected chi connectivity index (χ0v) is 7.67. The van der Waals surface area contributed by atoms with Crippen molar-refractivity contribution >= 4 is 11.9 Å². The minimum atomic E-state index is -1.51. The molecule has 0 radical (unpaired) electrons. The molecule has 0 spiro atoms. The molecule has 0 rings (SSSR count). The van der Waals surface area contributed by atoms with Gasteiger partial charge in [0.25, 0.3) is 0 Å². The van der Waals surface area contributed by atoms with E-state index in [9.17, 15) is 9.59 Å². The lowest BCUT2D eigenvalue weighted by Crippen LogP contribution is -2.11. The molecule has 0 aromatic carbocycles. The maximum absolute atomic E-state index is 10.8. The molecule has 2 N–H and O–H groups in total. The van der Waals surface area contributed by atoms with Gasteiger partial charge in [0.15, 0.2) is 6.29 Å². The number of esters is 2. The van der Waals surface area contributed by atoms with E-state index < -0.39 is 18.2 Å². The quantitative estimate of drug-likeness (QED) is 0.337. The van der Waals surface area contributed by atoms with Gasteiger partial charge < -0.3 is 19.7 Å². The molecule has 0 aliphatic heterocycles. The van der Waals surface area contributed by atoms with E-state index in [1.807, 2.05) is 0 Å². The molecule has 0 aliphatic rings. The third-order valence-corrected chi connectivity index (χ3v) is 1.18. The Kier molecular flexibility index (Phi) is 6.34. The van der Waals surface area contributed by atoms with Crippen LogP contribution in [0, 0.1) is 0 Å². The fraction of sp³-hybridized carbons (Fsp3) is 0.500. The summed E-state index contributed by atoms with van der Waals surface area (Å²) in [5, 5.41) is 16.8. The number of carbonyl (C=O) groups excluding carboxylic acids is 2. The molecule has 80 valence electrons. The highest BCUT2D eigenvalue weighted by Gasteiger charge is 2.01. The highest BCUT2D eigenvalue weighted by Crippen LogP contribution is 1.90. The number of rotatable bonds is 5. The van der Waals surface area contributed by atoms with Crippen LogP contribution >= 0.6 is 0 Å². The van der Waals surface area contributed by atoms with E-state index in [1.165, 1.54) is 7.11 Å². The lowest BCUT2D eigenvalue weighted by atomic mass is 10.4. The van der Waals surface area contributed by atoms with Crippen molar-refractivity contribution in [2.75, 3.05) is 13.7 Å². The maximum atomic E-state index is 10.8. The van der Waals surface area contributed by atoms with Gasteiger partial charge in [-0.05, 0) is 0 Å².